The first kappa shape index (κ1) is 73.3. The fourth-order valence-electron chi connectivity index (χ4n) is 18.5. The van der Waals surface area contributed by atoms with Crippen LogP contribution in [-0.4, -0.2) is 42.8 Å². The lowest BCUT2D eigenvalue weighted by molar-refractivity contribution is 1.13. The molecule has 0 bridgehead atoms. The van der Waals surface area contributed by atoms with Crippen molar-refractivity contribution in [3.63, 3.8) is 0 Å². The molecule has 0 atom stereocenters. The van der Waals surface area contributed by atoms with Crippen molar-refractivity contribution in [2.24, 2.45) is 0 Å². The molecule has 0 fully saturated rings. The molecule has 0 unspecified atom stereocenters. The molecule has 0 spiro atoms. The van der Waals surface area contributed by atoms with Gasteiger partial charge in [0.1, 0.15) is 0 Å². The first-order chi connectivity index (χ1) is 62.0. The van der Waals surface area contributed by atoms with E-state index in [-0.39, 0.29) is 0 Å². The molecule has 0 amide bonds. The third-order valence-corrected chi connectivity index (χ3v) is 24.2. The molecule has 125 heavy (non-hydrogen) atoms. The van der Waals surface area contributed by atoms with E-state index < -0.39 is 0 Å². The van der Waals surface area contributed by atoms with Gasteiger partial charge < -0.3 is 22.8 Å². The molecule has 9 nitrogen and oxygen atoms in total. The molecule has 18 aromatic carbocycles. The molecular formula is C116H77N9. The van der Waals surface area contributed by atoms with Crippen LogP contribution in [0.4, 0.5) is 0 Å². The van der Waals surface area contributed by atoms with E-state index >= 15 is 0 Å². The van der Waals surface area contributed by atoms with Crippen LogP contribution in [0.15, 0.2) is 467 Å². The van der Waals surface area contributed by atoms with E-state index in [1.165, 1.54) is 109 Å². The summed E-state index contributed by atoms with van der Waals surface area (Å²) >= 11 is 0. The van der Waals surface area contributed by atoms with Crippen LogP contribution in [0.3, 0.4) is 0 Å². The third-order valence-electron chi connectivity index (χ3n) is 24.2. The lowest BCUT2D eigenvalue weighted by Gasteiger charge is -2.16. The maximum absolute atomic E-state index is 5.26. The number of para-hydroxylation sites is 10. The minimum Gasteiger partial charge on any atom is -0.309 e. The van der Waals surface area contributed by atoms with E-state index in [0.29, 0.717) is 5.82 Å². The van der Waals surface area contributed by atoms with Crippen LogP contribution >= 0.6 is 0 Å². The highest BCUT2D eigenvalue weighted by molar-refractivity contribution is 6.15. The molecule has 0 N–H and O–H groups in total. The largest absolute Gasteiger partial charge is 0.309 e. The maximum Gasteiger partial charge on any atom is 0.160 e. The smallest absolute Gasteiger partial charge is 0.160 e. The Labute approximate surface area is 721 Å². The number of benzene rings is 18. The number of nitrogens with zero attached hydrogens (tertiary/aromatic N) is 9. The second-order valence-corrected chi connectivity index (χ2v) is 31.6. The Morgan fingerprint density at radius 1 is 0.120 bits per heavy atom. The zero-order chi connectivity index (χ0) is 82.7. The lowest BCUT2D eigenvalue weighted by Crippen LogP contribution is -2.01. The monoisotopic (exact) mass is 1600 g/mol. The molecule has 0 aliphatic carbocycles. The second-order valence-electron chi connectivity index (χ2n) is 31.6. The van der Waals surface area contributed by atoms with E-state index in [1.807, 2.05) is 60.7 Å². The van der Waals surface area contributed by atoms with Crippen molar-refractivity contribution >= 4 is 109 Å². The van der Waals surface area contributed by atoms with E-state index in [2.05, 4.69) is 429 Å². The molecule has 0 aliphatic heterocycles. The molecular weight excluding hydrogens is 1520 g/mol. The molecule has 9 heteroatoms. The molecule has 0 saturated carbocycles. The molecule has 25 aromatic rings. The molecule has 7 aromatic heterocycles. The highest BCUT2D eigenvalue weighted by atomic mass is 15.0. The van der Waals surface area contributed by atoms with Gasteiger partial charge in [-0.25, -0.2) is 19.9 Å². The lowest BCUT2D eigenvalue weighted by atomic mass is 10.0. The van der Waals surface area contributed by atoms with Crippen LogP contribution in [0.25, 0.3) is 216 Å². The average Bonchev–Trinajstić information content (AvgIpc) is 1.59. The van der Waals surface area contributed by atoms with Gasteiger partial charge in [0.25, 0.3) is 0 Å². The summed E-state index contributed by atoms with van der Waals surface area (Å²) in [4.78, 5) is 20.2. The molecule has 25 rings (SSSR count). The zero-order valence-electron chi connectivity index (χ0n) is 68.0. The van der Waals surface area contributed by atoms with Gasteiger partial charge in [0.2, 0.25) is 0 Å². The van der Waals surface area contributed by atoms with Crippen molar-refractivity contribution in [3.05, 3.63) is 467 Å². The molecule has 7 heterocycles. The summed E-state index contributed by atoms with van der Waals surface area (Å²) in [6, 6.07) is 165. The van der Waals surface area contributed by atoms with Crippen LogP contribution < -0.4 is 0 Å². The summed E-state index contributed by atoms with van der Waals surface area (Å²) in [5, 5.41) is 12.5. The maximum atomic E-state index is 5.26. The normalized spacial score (nSPS) is 11.5. The minimum atomic E-state index is 0.697. The van der Waals surface area contributed by atoms with Crippen LogP contribution in [-0.2, 0) is 0 Å². The van der Waals surface area contributed by atoms with Crippen molar-refractivity contribution in [2.45, 2.75) is 0 Å². The summed E-state index contributed by atoms with van der Waals surface area (Å²) in [5.41, 5.74) is 29.8. The Balaban J connectivity index is 0.000000110. The summed E-state index contributed by atoms with van der Waals surface area (Å²) in [7, 11) is 0. The fourth-order valence-corrected chi connectivity index (χ4v) is 18.5. The van der Waals surface area contributed by atoms with Crippen LogP contribution in [0.5, 0.6) is 0 Å². The number of hydrogen-bond donors (Lipinski definition) is 0. The van der Waals surface area contributed by atoms with Gasteiger partial charge in [-0.05, 0) is 151 Å². The average molecular weight is 1600 g/mol. The quantitative estimate of drug-likeness (QED) is 0.122. The van der Waals surface area contributed by atoms with Gasteiger partial charge in [-0.1, -0.05) is 328 Å². The van der Waals surface area contributed by atoms with Crippen molar-refractivity contribution < 1.29 is 0 Å². The van der Waals surface area contributed by atoms with E-state index in [4.69, 9.17) is 19.9 Å². The summed E-state index contributed by atoms with van der Waals surface area (Å²) in [5.74, 6) is 1.42. The van der Waals surface area contributed by atoms with Gasteiger partial charge in [-0.3, -0.25) is 0 Å². The first-order valence-electron chi connectivity index (χ1n) is 42.4. The standard InChI is InChI=1S/C46H30N4.C36H24N2.C34H23N3/c1-3-15-31(16-4-1)40-30-41(48-46(47-40)32-17-5-2-6-18-32)33-27-34(49-42-23-11-7-19-36(42)37-20-8-12-24-43(37)49)29-35(28-33)50-44-25-13-9-21-38(44)39-22-10-14-26-45(39)50;1-3-11-27(12-4-1)37-33-17-9-7-15-29(33)31-23-25(19-21-35(31)37)26-20-22-36-32(24-26)30-16-8-10-18-34(30)38(36)28-13-5-2-6-14-28;1-3-11-24(12-4-1)30-23-31(36-34(35-30)26-13-5-2-6-14-26)25-19-21-27(22-20-25)37-32-17-9-7-15-28(32)29-16-8-10-18-33(29)37/h1-30H;1-24H;1-23H. The van der Waals surface area contributed by atoms with Crippen molar-refractivity contribution in [3.8, 4) is 107 Å². The zero-order valence-corrected chi connectivity index (χ0v) is 68.0. The van der Waals surface area contributed by atoms with Crippen molar-refractivity contribution in [1.29, 1.82) is 0 Å². The molecule has 0 saturated heterocycles. The highest BCUT2D eigenvalue weighted by Crippen LogP contribution is 2.43. The Kier molecular flexibility index (Phi) is 18.4. The van der Waals surface area contributed by atoms with Crippen LogP contribution in [0.2, 0.25) is 0 Å². The van der Waals surface area contributed by atoms with Gasteiger partial charge in [0.15, 0.2) is 11.6 Å². The van der Waals surface area contributed by atoms with Crippen molar-refractivity contribution in [1.82, 2.24) is 42.8 Å². The molecule has 0 aliphatic rings. The molecule has 0 radical (unpaired) electrons. The van der Waals surface area contributed by atoms with Gasteiger partial charge in [0.05, 0.1) is 77.9 Å². The van der Waals surface area contributed by atoms with Crippen molar-refractivity contribution in [2.75, 3.05) is 0 Å². The van der Waals surface area contributed by atoms with Crippen LogP contribution in [0.1, 0.15) is 0 Å². The Morgan fingerprint density at radius 3 is 0.624 bits per heavy atom. The first-order valence-corrected chi connectivity index (χ1v) is 42.4. The summed E-state index contributed by atoms with van der Waals surface area (Å²) < 4.78 is 11.8. The fraction of sp³-hybridized carbons (Fsp3) is 0. The van der Waals surface area contributed by atoms with E-state index in [1.54, 1.807) is 0 Å². The summed E-state index contributed by atoms with van der Waals surface area (Å²) in [6.45, 7) is 0. The number of fused-ring (bicyclic) bond motifs is 15. The number of hydrogen-bond acceptors (Lipinski definition) is 4. The SMILES string of the molecule is c1ccc(-c2cc(-c3cc(-n4c5ccccc5c5ccccc54)cc(-n4c5ccccc5c5ccccc54)c3)nc(-c3ccccc3)n2)cc1.c1ccc(-c2cc(-c3ccc(-n4c5ccccc5c5ccccc54)cc3)nc(-c3ccccc3)n2)cc1.c1ccc(-n2c3ccccc3c3cc(-c4ccc5c(c4)c4ccccc4n5-c4ccccc4)ccc32)cc1. The van der Waals surface area contributed by atoms with Gasteiger partial charge >= 0.3 is 0 Å². The number of aromatic nitrogens is 9. The molecule has 586 valence electrons. The van der Waals surface area contributed by atoms with Gasteiger partial charge in [-0.15, -0.1) is 0 Å². The second kappa shape index (κ2) is 31.4. The highest BCUT2D eigenvalue weighted by Gasteiger charge is 2.23. The predicted octanol–water partition coefficient (Wildman–Crippen LogP) is 29.8. The Morgan fingerprint density at radius 2 is 0.328 bits per heavy atom. The third kappa shape index (κ3) is 13.2. The number of rotatable bonds is 12. The predicted molar refractivity (Wildman–Crippen MR) is 520 cm³/mol. The van der Waals surface area contributed by atoms with E-state index in [9.17, 15) is 0 Å². The topological polar surface area (TPSA) is 76.2 Å². The van der Waals surface area contributed by atoms with Gasteiger partial charge in [-0.2, -0.15) is 0 Å². The summed E-state index contributed by atoms with van der Waals surface area (Å²) in [6.07, 6.45) is 0. The van der Waals surface area contributed by atoms with Crippen LogP contribution in [0, 0.1) is 0 Å². The van der Waals surface area contributed by atoms with Gasteiger partial charge in [0, 0.05) is 116 Å². The van der Waals surface area contributed by atoms with E-state index in [0.717, 1.165) is 101 Å². The minimum absolute atomic E-state index is 0.697. The Bertz CT molecular complexity index is 7810. The Hall–Kier alpha value is -16.9.